The third-order valence-corrected chi connectivity index (χ3v) is 5.85. The van der Waals surface area contributed by atoms with Crippen molar-refractivity contribution >= 4 is 11.8 Å². The lowest BCUT2D eigenvalue weighted by atomic mass is 9.90. The molecule has 2 aromatic rings. The van der Waals surface area contributed by atoms with Gasteiger partial charge in [0, 0.05) is 44.0 Å². The van der Waals surface area contributed by atoms with E-state index in [2.05, 4.69) is 42.8 Å². The van der Waals surface area contributed by atoms with E-state index >= 15 is 0 Å². The van der Waals surface area contributed by atoms with Crippen LogP contribution in [0.15, 0.2) is 24.7 Å². The van der Waals surface area contributed by atoms with Crippen LogP contribution in [0.25, 0.3) is 11.4 Å². The minimum absolute atomic E-state index is 0.394. The van der Waals surface area contributed by atoms with Gasteiger partial charge in [-0.05, 0) is 57.4 Å². The lowest BCUT2D eigenvalue weighted by Crippen LogP contribution is -2.42. The maximum Gasteiger partial charge on any atom is 0.223 e. The quantitative estimate of drug-likeness (QED) is 0.549. The zero-order valence-electron chi connectivity index (χ0n) is 18.0. The van der Waals surface area contributed by atoms with Crippen LogP contribution >= 0.6 is 0 Å². The highest BCUT2D eigenvalue weighted by molar-refractivity contribution is 5.59. The Kier molecular flexibility index (Phi) is 7.07. The van der Waals surface area contributed by atoms with Crippen molar-refractivity contribution in [2.75, 3.05) is 30.9 Å². The SMILES string of the molecule is COC[C@@H](C)NC1CCC(Nc2cc(-c3ccnc(NCC4CC4)n3)ncn2)CC1. The highest BCUT2D eigenvalue weighted by Crippen LogP contribution is 2.29. The van der Waals surface area contributed by atoms with Crippen LogP contribution in [0.5, 0.6) is 0 Å². The summed E-state index contributed by atoms with van der Waals surface area (Å²) in [7, 11) is 1.75. The number of rotatable bonds is 10. The first-order valence-corrected chi connectivity index (χ1v) is 11.1. The number of hydrogen-bond acceptors (Lipinski definition) is 8. The number of nitrogens with one attached hydrogen (secondary N) is 3. The molecule has 0 bridgehead atoms. The first-order valence-electron chi connectivity index (χ1n) is 11.1. The Morgan fingerprint density at radius 3 is 2.60 bits per heavy atom. The lowest BCUT2D eigenvalue weighted by molar-refractivity contribution is 0.161. The minimum Gasteiger partial charge on any atom is -0.383 e. The molecule has 2 heterocycles. The second-order valence-corrected chi connectivity index (χ2v) is 8.59. The Labute approximate surface area is 178 Å². The summed E-state index contributed by atoms with van der Waals surface area (Å²) in [5, 5.41) is 10.6. The zero-order valence-corrected chi connectivity index (χ0v) is 18.0. The van der Waals surface area contributed by atoms with Gasteiger partial charge in [-0.2, -0.15) is 0 Å². The summed E-state index contributed by atoms with van der Waals surface area (Å²) in [6, 6.07) is 5.27. The Hall–Kier alpha value is -2.32. The molecular formula is C22H33N7O. The van der Waals surface area contributed by atoms with Crippen molar-refractivity contribution in [3.05, 3.63) is 24.7 Å². The molecule has 1 atom stereocenters. The summed E-state index contributed by atoms with van der Waals surface area (Å²) >= 11 is 0. The normalized spacial score (nSPS) is 22.5. The van der Waals surface area contributed by atoms with Crippen molar-refractivity contribution in [2.24, 2.45) is 5.92 Å². The molecule has 4 rings (SSSR count). The first-order chi connectivity index (χ1) is 14.7. The fourth-order valence-corrected chi connectivity index (χ4v) is 4.03. The summed E-state index contributed by atoms with van der Waals surface area (Å²) in [5.74, 6) is 2.30. The summed E-state index contributed by atoms with van der Waals surface area (Å²) in [6.07, 6.45) is 10.6. The number of hydrogen-bond donors (Lipinski definition) is 3. The van der Waals surface area contributed by atoms with Gasteiger partial charge >= 0.3 is 0 Å². The summed E-state index contributed by atoms with van der Waals surface area (Å²) in [6.45, 7) is 3.88. The van der Waals surface area contributed by atoms with E-state index in [-0.39, 0.29) is 0 Å². The summed E-state index contributed by atoms with van der Waals surface area (Å²) < 4.78 is 5.22. The monoisotopic (exact) mass is 411 g/mol. The number of nitrogens with zero attached hydrogens (tertiary/aromatic N) is 4. The predicted molar refractivity (Wildman–Crippen MR) is 118 cm³/mol. The average Bonchev–Trinajstić information content (AvgIpc) is 3.59. The lowest BCUT2D eigenvalue weighted by Gasteiger charge is -2.31. The number of methoxy groups -OCH3 is 1. The zero-order chi connectivity index (χ0) is 20.8. The molecule has 0 aliphatic heterocycles. The third kappa shape index (κ3) is 6.09. The van der Waals surface area contributed by atoms with Crippen LogP contribution in [0.1, 0.15) is 45.4 Å². The molecule has 8 nitrogen and oxygen atoms in total. The molecule has 0 spiro atoms. The van der Waals surface area contributed by atoms with Crippen molar-refractivity contribution in [1.29, 1.82) is 0 Å². The van der Waals surface area contributed by atoms with Gasteiger partial charge in [0.15, 0.2) is 0 Å². The van der Waals surface area contributed by atoms with E-state index in [0.717, 1.165) is 62.0 Å². The van der Waals surface area contributed by atoms with Crippen molar-refractivity contribution in [1.82, 2.24) is 25.3 Å². The van der Waals surface area contributed by atoms with Crippen molar-refractivity contribution in [3.8, 4) is 11.4 Å². The maximum atomic E-state index is 5.22. The predicted octanol–water partition coefficient (Wildman–Crippen LogP) is 3.10. The van der Waals surface area contributed by atoms with Gasteiger partial charge in [-0.1, -0.05) is 0 Å². The Balaban J connectivity index is 1.31. The summed E-state index contributed by atoms with van der Waals surface area (Å²) in [5.41, 5.74) is 1.63. The van der Waals surface area contributed by atoms with Gasteiger partial charge in [0.05, 0.1) is 18.0 Å². The number of anilines is 2. The molecule has 2 aliphatic rings. The number of ether oxygens (including phenoxy) is 1. The molecule has 2 fully saturated rings. The molecule has 2 saturated carbocycles. The molecule has 0 radical (unpaired) electrons. The second-order valence-electron chi connectivity index (χ2n) is 8.59. The average molecular weight is 412 g/mol. The van der Waals surface area contributed by atoms with E-state index in [0.29, 0.717) is 24.1 Å². The van der Waals surface area contributed by atoms with E-state index in [1.54, 1.807) is 19.6 Å². The molecule has 0 saturated heterocycles. The van der Waals surface area contributed by atoms with E-state index in [4.69, 9.17) is 4.74 Å². The second kappa shape index (κ2) is 10.1. The van der Waals surface area contributed by atoms with Gasteiger partial charge in [-0.15, -0.1) is 0 Å². The van der Waals surface area contributed by atoms with Crippen LogP contribution in [0, 0.1) is 5.92 Å². The molecule has 30 heavy (non-hydrogen) atoms. The maximum absolute atomic E-state index is 5.22. The molecule has 3 N–H and O–H groups in total. The van der Waals surface area contributed by atoms with Crippen LogP contribution in [0.2, 0.25) is 0 Å². The first kappa shape index (κ1) is 20.9. The van der Waals surface area contributed by atoms with Crippen LogP contribution in [0.4, 0.5) is 11.8 Å². The van der Waals surface area contributed by atoms with Gasteiger partial charge in [0.2, 0.25) is 5.95 Å². The van der Waals surface area contributed by atoms with Crippen LogP contribution < -0.4 is 16.0 Å². The third-order valence-electron chi connectivity index (χ3n) is 5.85. The molecule has 2 aliphatic carbocycles. The summed E-state index contributed by atoms with van der Waals surface area (Å²) in [4.78, 5) is 17.8. The Morgan fingerprint density at radius 2 is 1.83 bits per heavy atom. The van der Waals surface area contributed by atoms with Crippen LogP contribution in [0.3, 0.4) is 0 Å². The Morgan fingerprint density at radius 1 is 1.03 bits per heavy atom. The number of aromatic nitrogens is 4. The topological polar surface area (TPSA) is 96.9 Å². The molecule has 0 aromatic carbocycles. The van der Waals surface area contributed by atoms with E-state index in [9.17, 15) is 0 Å². The van der Waals surface area contributed by atoms with E-state index in [1.165, 1.54) is 12.8 Å². The van der Waals surface area contributed by atoms with E-state index < -0.39 is 0 Å². The molecular weight excluding hydrogens is 378 g/mol. The standard InChI is InChI=1S/C22H33N7O/c1-15(13-30-2)27-17-5-7-18(8-6-17)28-21-11-20(25-14-26-21)19-9-10-23-22(29-19)24-12-16-3-4-16/h9-11,14-18,27H,3-8,12-13H2,1-2H3,(H,23,24,29)(H,25,26,28)/t15-,17?,18?/m1/s1. The van der Waals surface area contributed by atoms with Gasteiger partial charge in [0.1, 0.15) is 12.1 Å². The van der Waals surface area contributed by atoms with Gasteiger partial charge in [-0.25, -0.2) is 19.9 Å². The molecule has 0 amide bonds. The van der Waals surface area contributed by atoms with Crippen molar-refractivity contribution in [2.45, 2.75) is 63.6 Å². The fraction of sp³-hybridized carbons (Fsp3) is 0.636. The molecule has 162 valence electrons. The molecule has 2 aromatic heterocycles. The van der Waals surface area contributed by atoms with E-state index in [1.807, 2.05) is 12.1 Å². The van der Waals surface area contributed by atoms with Gasteiger partial charge in [0.25, 0.3) is 0 Å². The molecule has 8 heteroatoms. The van der Waals surface area contributed by atoms with Gasteiger partial charge < -0.3 is 20.7 Å². The smallest absolute Gasteiger partial charge is 0.223 e. The fourth-order valence-electron chi connectivity index (χ4n) is 4.03. The highest BCUT2D eigenvalue weighted by Gasteiger charge is 2.23. The molecule has 0 unspecified atom stereocenters. The van der Waals surface area contributed by atoms with Gasteiger partial charge in [-0.3, -0.25) is 0 Å². The van der Waals surface area contributed by atoms with Crippen molar-refractivity contribution < 1.29 is 4.74 Å². The largest absolute Gasteiger partial charge is 0.383 e. The highest BCUT2D eigenvalue weighted by atomic mass is 16.5. The van der Waals surface area contributed by atoms with Crippen LogP contribution in [-0.4, -0.2) is 58.3 Å². The minimum atomic E-state index is 0.394. The Bertz CT molecular complexity index is 806. The van der Waals surface area contributed by atoms with Crippen molar-refractivity contribution in [3.63, 3.8) is 0 Å². The van der Waals surface area contributed by atoms with Crippen LogP contribution in [-0.2, 0) is 4.74 Å².